The number of amides is 1. The van der Waals surface area contributed by atoms with E-state index in [-0.39, 0.29) is 11.9 Å². The summed E-state index contributed by atoms with van der Waals surface area (Å²) >= 11 is 0. The smallest absolute Gasteiger partial charge is 0.258 e. The van der Waals surface area contributed by atoms with Crippen LogP contribution >= 0.6 is 0 Å². The summed E-state index contributed by atoms with van der Waals surface area (Å²) in [6, 6.07) is 0.275. The first-order valence-electron chi connectivity index (χ1n) is 12.7. The van der Waals surface area contributed by atoms with Crippen molar-refractivity contribution < 1.29 is 13.9 Å². The second kappa shape index (κ2) is 8.86. The first-order chi connectivity index (χ1) is 16.2. The quantitative estimate of drug-likeness (QED) is 0.609. The summed E-state index contributed by atoms with van der Waals surface area (Å²) in [5.74, 6) is 4.76. The maximum absolute atomic E-state index is 13.4. The second-order valence-electron chi connectivity index (χ2n) is 11.6. The summed E-state index contributed by atoms with van der Waals surface area (Å²) in [6.07, 6.45) is 11.8. The molecule has 8 heteroatoms. The number of allylic oxidation sites excluding steroid dienone is 1. The van der Waals surface area contributed by atoms with Gasteiger partial charge in [-0.25, -0.2) is 4.68 Å². The van der Waals surface area contributed by atoms with Gasteiger partial charge in [-0.3, -0.25) is 4.79 Å². The first kappa shape index (κ1) is 23.1. The minimum atomic E-state index is -0.495. The number of hydrogen-bond acceptors (Lipinski definition) is 6. The van der Waals surface area contributed by atoms with Gasteiger partial charge in [-0.1, -0.05) is 19.9 Å². The molecule has 1 amide bonds. The molecule has 0 radical (unpaired) electrons. The van der Waals surface area contributed by atoms with E-state index in [4.69, 9.17) is 9.15 Å². The van der Waals surface area contributed by atoms with E-state index in [1.807, 2.05) is 26.1 Å². The van der Waals surface area contributed by atoms with Crippen molar-refractivity contribution >= 4 is 12.1 Å². The predicted molar refractivity (Wildman–Crippen MR) is 128 cm³/mol. The molecule has 4 aliphatic carbocycles. The highest BCUT2D eigenvalue weighted by Crippen LogP contribution is 2.53. The number of ether oxygens (including phenoxy) is 1. The normalized spacial score (nSPS) is 28.2. The van der Waals surface area contributed by atoms with Gasteiger partial charge in [0.15, 0.2) is 0 Å². The lowest BCUT2D eigenvalue weighted by molar-refractivity contribution is -0.0120. The Bertz CT molecular complexity index is 1040. The van der Waals surface area contributed by atoms with E-state index in [0.29, 0.717) is 47.6 Å². The summed E-state index contributed by atoms with van der Waals surface area (Å²) in [6.45, 7) is 10.4. The molecule has 2 heterocycles. The van der Waals surface area contributed by atoms with Crippen LogP contribution in [0.4, 0.5) is 0 Å². The third kappa shape index (κ3) is 4.51. The van der Waals surface area contributed by atoms with Gasteiger partial charge in [-0.05, 0) is 75.5 Å². The van der Waals surface area contributed by atoms with Crippen LogP contribution in [0.15, 0.2) is 16.7 Å². The Balaban J connectivity index is 1.36. The molecule has 0 spiro atoms. The SMILES string of the molecule is Cc1nnc(C(C)(C)C=Cn2ncc(C(=O)NC3C4CC5CC(C4)CC3C5)c2OCC(C)C)o1. The summed E-state index contributed by atoms with van der Waals surface area (Å²) in [7, 11) is 0. The second-order valence-corrected chi connectivity index (χ2v) is 11.6. The Labute approximate surface area is 201 Å². The number of nitrogens with one attached hydrogen (secondary N) is 1. The molecule has 1 N–H and O–H groups in total. The predicted octanol–water partition coefficient (Wildman–Crippen LogP) is 4.61. The van der Waals surface area contributed by atoms with Gasteiger partial charge in [-0.2, -0.15) is 5.10 Å². The highest BCUT2D eigenvalue weighted by atomic mass is 16.5. The van der Waals surface area contributed by atoms with Gasteiger partial charge in [0.25, 0.3) is 5.91 Å². The van der Waals surface area contributed by atoms with Crippen LogP contribution in [0.1, 0.15) is 81.9 Å². The van der Waals surface area contributed by atoms with Gasteiger partial charge < -0.3 is 14.5 Å². The third-order valence-corrected chi connectivity index (χ3v) is 7.78. The fraction of sp³-hybridized carbons (Fsp3) is 0.692. The molecule has 4 saturated carbocycles. The van der Waals surface area contributed by atoms with Crippen molar-refractivity contribution in [2.45, 2.75) is 78.2 Å². The largest absolute Gasteiger partial charge is 0.477 e. The maximum Gasteiger partial charge on any atom is 0.258 e. The Morgan fingerprint density at radius 2 is 1.88 bits per heavy atom. The van der Waals surface area contributed by atoms with Gasteiger partial charge >= 0.3 is 0 Å². The molecule has 4 aliphatic rings. The summed E-state index contributed by atoms with van der Waals surface area (Å²) in [4.78, 5) is 13.4. The van der Waals surface area contributed by atoms with Crippen molar-refractivity contribution in [3.63, 3.8) is 0 Å². The molecule has 6 rings (SSSR count). The number of nitrogens with zero attached hydrogens (tertiary/aromatic N) is 4. The molecule has 0 atom stereocenters. The van der Waals surface area contributed by atoms with E-state index < -0.39 is 5.41 Å². The number of aryl methyl sites for hydroxylation is 1. The van der Waals surface area contributed by atoms with Crippen LogP contribution in [0.2, 0.25) is 0 Å². The zero-order valence-electron chi connectivity index (χ0n) is 21.0. The molecule has 4 bridgehead atoms. The van der Waals surface area contributed by atoms with Crippen LogP contribution in [0.5, 0.6) is 5.88 Å². The van der Waals surface area contributed by atoms with Gasteiger partial charge in [0.05, 0.1) is 18.2 Å². The monoisotopic (exact) mass is 467 g/mol. The Hall–Kier alpha value is -2.64. The highest BCUT2D eigenvalue weighted by molar-refractivity contribution is 5.96. The third-order valence-electron chi connectivity index (χ3n) is 7.78. The van der Waals surface area contributed by atoms with E-state index in [1.165, 1.54) is 32.1 Å². The molecule has 0 aromatic carbocycles. The Morgan fingerprint density at radius 1 is 1.21 bits per heavy atom. The molecule has 8 nitrogen and oxygen atoms in total. The molecular formula is C26H37N5O3. The van der Waals surface area contributed by atoms with Gasteiger partial charge in [0, 0.05) is 19.2 Å². The molecule has 4 fully saturated rings. The highest BCUT2D eigenvalue weighted by Gasteiger charge is 2.48. The number of rotatable bonds is 8. The average Bonchev–Trinajstić information content (AvgIpc) is 3.39. The van der Waals surface area contributed by atoms with Crippen molar-refractivity contribution in [1.29, 1.82) is 0 Å². The minimum absolute atomic E-state index is 0.0809. The molecule has 184 valence electrons. The molecule has 0 saturated heterocycles. The lowest BCUT2D eigenvalue weighted by atomic mass is 9.54. The average molecular weight is 468 g/mol. The first-order valence-corrected chi connectivity index (χ1v) is 12.7. The lowest BCUT2D eigenvalue weighted by Crippen LogP contribution is -2.55. The van der Waals surface area contributed by atoms with Gasteiger partial charge in [0.2, 0.25) is 17.7 Å². The van der Waals surface area contributed by atoms with Crippen LogP contribution in [0.25, 0.3) is 6.20 Å². The molecule has 34 heavy (non-hydrogen) atoms. The molecule has 0 aliphatic heterocycles. The van der Waals surface area contributed by atoms with Crippen molar-refractivity contribution in [3.05, 3.63) is 29.6 Å². The maximum atomic E-state index is 13.4. The standard InChI is InChI=1S/C26H37N5O3/c1-15(2)14-33-24-21(13-27-31(24)7-6-26(4,5)25-30-29-16(3)34-25)23(32)28-22-19-9-17-8-18(11-19)12-20(22)10-17/h6-7,13,15,17-20,22H,8-12,14H2,1-5H3,(H,28,32). The lowest BCUT2D eigenvalue weighted by Gasteiger charge is -2.54. The fourth-order valence-corrected chi connectivity index (χ4v) is 6.28. The molecule has 2 aromatic heterocycles. The zero-order valence-corrected chi connectivity index (χ0v) is 21.0. The fourth-order valence-electron chi connectivity index (χ4n) is 6.28. The van der Waals surface area contributed by atoms with Crippen molar-refractivity contribution in [1.82, 2.24) is 25.3 Å². The van der Waals surface area contributed by atoms with E-state index in [1.54, 1.807) is 17.8 Å². The van der Waals surface area contributed by atoms with E-state index >= 15 is 0 Å². The van der Waals surface area contributed by atoms with E-state index in [9.17, 15) is 4.79 Å². The molecule has 0 unspecified atom stereocenters. The van der Waals surface area contributed by atoms with Gasteiger partial charge in [-0.15, -0.1) is 10.2 Å². The van der Waals surface area contributed by atoms with Crippen LogP contribution < -0.4 is 10.1 Å². The molecular weight excluding hydrogens is 430 g/mol. The topological polar surface area (TPSA) is 95.1 Å². The Morgan fingerprint density at radius 3 is 2.47 bits per heavy atom. The van der Waals surface area contributed by atoms with E-state index in [2.05, 4.69) is 34.5 Å². The summed E-state index contributed by atoms with van der Waals surface area (Å²) < 4.78 is 13.4. The zero-order chi connectivity index (χ0) is 24.0. The van der Waals surface area contributed by atoms with Gasteiger partial charge in [0.1, 0.15) is 5.56 Å². The van der Waals surface area contributed by atoms with Crippen LogP contribution in [0.3, 0.4) is 0 Å². The number of carbonyl (C=O) groups excluding carboxylic acids is 1. The van der Waals surface area contributed by atoms with Crippen molar-refractivity contribution in [2.24, 2.45) is 29.6 Å². The minimum Gasteiger partial charge on any atom is -0.477 e. The van der Waals surface area contributed by atoms with Crippen molar-refractivity contribution in [3.8, 4) is 5.88 Å². The van der Waals surface area contributed by atoms with Crippen LogP contribution in [-0.4, -0.2) is 38.5 Å². The number of carbonyl (C=O) groups is 1. The van der Waals surface area contributed by atoms with Crippen LogP contribution in [0, 0.1) is 36.5 Å². The Kier molecular flexibility index (Phi) is 6.02. The summed E-state index contributed by atoms with van der Waals surface area (Å²) in [5, 5.41) is 16.0. The van der Waals surface area contributed by atoms with Crippen molar-refractivity contribution in [2.75, 3.05) is 6.61 Å². The summed E-state index contributed by atoms with van der Waals surface area (Å²) in [5.41, 5.74) is -0.00346. The molecule has 2 aromatic rings. The number of hydrogen-bond donors (Lipinski definition) is 1. The van der Waals surface area contributed by atoms with Crippen LogP contribution in [-0.2, 0) is 5.41 Å². The van der Waals surface area contributed by atoms with E-state index in [0.717, 1.165) is 11.8 Å². The number of aromatic nitrogens is 4.